The van der Waals surface area contributed by atoms with Gasteiger partial charge in [-0.15, -0.1) is 0 Å². The van der Waals surface area contributed by atoms with E-state index in [9.17, 15) is 5.11 Å². The average Bonchev–Trinajstić information content (AvgIpc) is 2.27. The van der Waals surface area contributed by atoms with Gasteiger partial charge in [0, 0.05) is 31.1 Å². The second-order valence-corrected chi connectivity index (χ2v) is 5.59. The minimum absolute atomic E-state index is 0.119. The van der Waals surface area contributed by atoms with Crippen molar-refractivity contribution >= 4 is 5.69 Å². The first kappa shape index (κ1) is 14.9. The molecule has 1 aromatic rings. The van der Waals surface area contributed by atoms with Crippen LogP contribution in [-0.2, 0) is 11.2 Å². The molecule has 102 valence electrons. The van der Waals surface area contributed by atoms with Crippen molar-refractivity contribution in [2.24, 2.45) is 5.41 Å². The molecule has 2 unspecified atom stereocenters. The van der Waals surface area contributed by atoms with Crippen LogP contribution in [-0.4, -0.2) is 28.9 Å². The zero-order chi connectivity index (χ0) is 13.8. The minimum Gasteiger partial charge on any atom is -0.398 e. The molecule has 0 radical (unpaired) electrons. The van der Waals surface area contributed by atoms with E-state index in [0.717, 1.165) is 5.56 Å². The first-order valence-electron chi connectivity index (χ1n) is 6.34. The van der Waals surface area contributed by atoms with Crippen LogP contribution in [0.4, 0.5) is 5.69 Å². The standard InChI is InChI=1S/C14H24N2O2/c1-5-18-13(14(2,3)4)12(17)8-10-9-16-7-6-11(10)15/h6-7,9,12-13,17H,5,8H2,1-4H3,(H2,15,16). The van der Waals surface area contributed by atoms with Crippen molar-refractivity contribution in [2.45, 2.75) is 46.3 Å². The molecule has 4 nitrogen and oxygen atoms in total. The van der Waals surface area contributed by atoms with Gasteiger partial charge in [0.05, 0.1) is 12.2 Å². The lowest BCUT2D eigenvalue weighted by Crippen LogP contribution is -2.41. The molecular weight excluding hydrogens is 228 g/mol. The molecule has 1 rings (SSSR count). The normalized spacial score (nSPS) is 15.4. The Kier molecular flexibility index (Phi) is 5.11. The third kappa shape index (κ3) is 3.96. The predicted octanol–water partition coefficient (Wildman–Crippen LogP) is 2.02. The number of hydrogen-bond acceptors (Lipinski definition) is 4. The Bertz CT molecular complexity index is 374. The van der Waals surface area contributed by atoms with E-state index in [1.54, 1.807) is 18.5 Å². The number of nitrogen functional groups attached to an aromatic ring is 1. The fraction of sp³-hybridized carbons (Fsp3) is 0.643. The molecule has 0 spiro atoms. The van der Waals surface area contributed by atoms with Crippen molar-refractivity contribution in [3.05, 3.63) is 24.0 Å². The molecule has 2 atom stereocenters. The third-order valence-electron chi connectivity index (χ3n) is 2.92. The maximum Gasteiger partial charge on any atom is 0.0885 e. The van der Waals surface area contributed by atoms with Gasteiger partial charge in [0.1, 0.15) is 0 Å². The Morgan fingerprint density at radius 2 is 2.11 bits per heavy atom. The molecule has 0 aromatic carbocycles. The number of rotatable bonds is 5. The molecular formula is C14H24N2O2. The topological polar surface area (TPSA) is 68.4 Å². The van der Waals surface area contributed by atoms with Gasteiger partial charge < -0.3 is 15.6 Å². The highest BCUT2D eigenvalue weighted by molar-refractivity contribution is 5.44. The number of anilines is 1. The smallest absolute Gasteiger partial charge is 0.0885 e. The van der Waals surface area contributed by atoms with E-state index in [-0.39, 0.29) is 11.5 Å². The van der Waals surface area contributed by atoms with Crippen LogP contribution in [0, 0.1) is 5.41 Å². The Hall–Kier alpha value is -1.13. The van der Waals surface area contributed by atoms with E-state index in [1.807, 2.05) is 6.92 Å². The summed E-state index contributed by atoms with van der Waals surface area (Å²) in [5.74, 6) is 0. The number of nitrogens with zero attached hydrogens (tertiary/aromatic N) is 1. The van der Waals surface area contributed by atoms with Crippen LogP contribution in [0.1, 0.15) is 33.3 Å². The lowest BCUT2D eigenvalue weighted by atomic mass is 9.83. The van der Waals surface area contributed by atoms with Crippen LogP contribution in [0.3, 0.4) is 0 Å². The van der Waals surface area contributed by atoms with Crippen molar-refractivity contribution in [2.75, 3.05) is 12.3 Å². The van der Waals surface area contributed by atoms with Gasteiger partial charge in [0.2, 0.25) is 0 Å². The molecule has 0 fully saturated rings. The Labute approximate surface area is 109 Å². The SMILES string of the molecule is CCOC(C(O)Cc1cnccc1N)C(C)(C)C. The van der Waals surface area contributed by atoms with Crippen LogP contribution in [0.2, 0.25) is 0 Å². The summed E-state index contributed by atoms with van der Waals surface area (Å²) in [6.07, 6.45) is 3.00. The van der Waals surface area contributed by atoms with E-state index in [4.69, 9.17) is 10.5 Å². The van der Waals surface area contributed by atoms with E-state index in [1.165, 1.54) is 0 Å². The van der Waals surface area contributed by atoms with Gasteiger partial charge in [0.25, 0.3) is 0 Å². The van der Waals surface area contributed by atoms with E-state index < -0.39 is 6.10 Å². The maximum atomic E-state index is 10.3. The van der Waals surface area contributed by atoms with Crippen LogP contribution >= 0.6 is 0 Å². The summed E-state index contributed by atoms with van der Waals surface area (Å²) in [4.78, 5) is 4.03. The third-order valence-corrected chi connectivity index (χ3v) is 2.92. The second-order valence-electron chi connectivity index (χ2n) is 5.59. The summed E-state index contributed by atoms with van der Waals surface area (Å²) < 4.78 is 5.67. The fourth-order valence-corrected chi connectivity index (χ4v) is 2.06. The first-order valence-corrected chi connectivity index (χ1v) is 6.34. The predicted molar refractivity (Wildman–Crippen MR) is 73.2 cm³/mol. The molecule has 0 saturated carbocycles. The number of aromatic nitrogens is 1. The summed E-state index contributed by atoms with van der Waals surface area (Å²) in [5, 5.41) is 10.3. The Morgan fingerprint density at radius 1 is 1.44 bits per heavy atom. The summed E-state index contributed by atoms with van der Waals surface area (Å²) >= 11 is 0. The highest BCUT2D eigenvalue weighted by Crippen LogP contribution is 2.27. The molecule has 3 N–H and O–H groups in total. The highest BCUT2D eigenvalue weighted by Gasteiger charge is 2.32. The van der Waals surface area contributed by atoms with Crippen molar-refractivity contribution in [3.8, 4) is 0 Å². The fourth-order valence-electron chi connectivity index (χ4n) is 2.06. The van der Waals surface area contributed by atoms with Gasteiger partial charge in [-0.2, -0.15) is 0 Å². The van der Waals surface area contributed by atoms with Gasteiger partial charge >= 0.3 is 0 Å². The minimum atomic E-state index is -0.587. The zero-order valence-corrected chi connectivity index (χ0v) is 11.7. The monoisotopic (exact) mass is 252 g/mol. The molecule has 0 saturated heterocycles. The average molecular weight is 252 g/mol. The van der Waals surface area contributed by atoms with Gasteiger partial charge in [-0.25, -0.2) is 0 Å². The van der Waals surface area contributed by atoms with Crippen LogP contribution in [0.5, 0.6) is 0 Å². The number of nitrogens with two attached hydrogens (primary N) is 1. The quantitative estimate of drug-likeness (QED) is 0.841. The van der Waals surface area contributed by atoms with Crippen molar-refractivity contribution < 1.29 is 9.84 Å². The van der Waals surface area contributed by atoms with E-state index in [0.29, 0.717) is 18.7 Å². The lowest BCUT2D eigenvalue weighted by Gasteiger charge is -2.34. The number of hydrogen-bond donors (Lipinski definition) is 2. The van der Waals surface area contributed by atoms with E-state index in [2.05, 4.69) is 25.8 Å². The number of pyridine rings is 1. The van der Waals surface area contributed by atoms with Crippen molar-refractivity contribution in [1.82, 2.24) is 4.98 Å². The molecule has 1 aromatic heterocycles. The molecule has 18 heavy (non-hydrogen) atoms. The molecule has 0 bridgehead atoms. The molecule has 4 heteroatoms. The van der Waals surface area contributed by atoms with Gasteiger partial charge in [0.15, 0.2) is 0 Å². The number of aliphatic hydroxyl groups excluding tert-OH is 1. The van der Waals surface area contributed by atoms with E-state index >= 15 is 0 Å². The van der Waals surface area contributed by atoms with Crippen molar-refractivity contribution in [1.29, 1.82) is 0 Å². The van der Waals surface area contributed by atoms with Crippen LogP contribution in [0.15, 0.2) is 18.5 Å². The summed E-state index contributed by atoms with van der Waals surface area (Å²) in [6.45, 7) is 8.70. The zero-order valence-electron chi connectivity index (χ0n) is 11.7. The Balaban J connectivity index is 2.79. The van der Waals surface area contributed by atoms with Gasteiger partial charge in [-0.1, -0.05) is 20.8 Å². The highest BCUT2D eigenvalue weighted by atomic mass is 16.5. The van der Waals surface area contributed by atoms with Gasteiger partial charge in [-0.05, 0) is 24.0 Å². The second kappa shape index (κ2) is 6.16. The first-order chi connectivity index (χ1) is 8.36. The molecule has 1 heterocycles. The number of ether oxygens (including phenoxy) is 1. The summed E-state index contributed by atoms with van der Waals surface area (Å²) in [7, 11) is 0. The summed E-state index contributed by atoms with van der Waals surface area (Å²) in [6, 6.07) is 1.74. The number of aliphatic hydroxyl groups is 1. The molecule has 0 aliphatic heterocycles. The van der Waals surface area contributed by atoms with Crippen molar-refractivity contribution in [3.63, 3.8) is 0 Å². The maximum absolute atomic E-state index is 10.3. The molecule has 0 aliphatic rings. The lowest BCUT2D eigenvalue weighted by molar-refractivity contribution is -0.0873. The molecule has 0 aliphatic carbocycles. The Morgan fingerprint density at radius 3 is 2.61 bits per heavy atom. The molecule has 0 amide bonds. The van der Waals surface area contributed by atoms with Crippen LogP contribution < -0.4 is 5.73 Å². The largest absolute Gasteiger partial charge is 0.398 e. The summed E-state index contributed by atoms with van der Waals surface area (Å²) in [5.41, 5.74) is 7.26. The van der Waals surface area contributed by atoms with Gasteiger partial charge in [-0.3, -0.25) is 4.98 Å². The van der Waals surface area contributed by atoms with Crippen LogP contribution in [0.25, 0.3) is 0 Å².